The predicted octanol–water partition coefficient (Wildman–Crippen LogP) is 2.00. The van der Waals surface area contributed by atoms with Crippen LogP contribution in [0.5, 0.6) is 0 Å². The minimum absolute atomic E-state index is 0.784. The zero-order chi connectivity index (χ0) is 9.97. The molecule has 2 rings (SSSR count). The molecule has 0 radical (unpaired) electrons. The highest BCUT2D eigenvalue weighted by Gasteiger charge is 2.27. The molecule has 1 saturated heterocycles. The van der Waals surface area contributed by atoms with E-state index < -0.39 is 0 Å². The van der Waals surface area contributed by atoms with Crippen molar-refractivity contribution in [2.75, 3.05) is 13.1 Å². The van der Waals surface area contributed by atoms with Gasteiger partial charge in [0.05, 0.1) is 0 Å². The number of rotatable bonds is 3. The van der Waals surface area contributed by atoms with Gasteiger partial charge >= 0.3 is 0 Å². The topological polar surface area (TPSA) is 15.3 Å². The largest absolute Gasteiger partial charge is 0.311 e. The van der Waals surface area contributed by atoms with Crippen LogP contribution in [0.1, 0.15) is 46.0 Å². The third-order valence-corrected chi connectivity index (χ3v) is 4.00. The average molecular weight is 196 g/mol. The molecule has 2 unspecified atom stereocenters. The van der Waals surface area contributed by atoms with E-state index in [1.165, 1.54) is 45.2 Å². The van der Waals surface area contributed by atoms with Crippen molar-refractivity contribution in [2.24, 2.45) is 0 Å². The predicted molar refractivity (Wildman–Crippen MR) is 60.5 cm³/mol. The van der Waals surface area contributed by atoms with Crippen molar-refractivity contribution in [2.45, 2.75) is 64.1 Å². The summed E-state index contributed by atoms with van der Waals surface area (Å²) in [5.74, 6) is 0. The molecule has 2 atom stereocenters. The Balaban J connectivity index is 1.74. The molecule has 0 amide bonds. The van der Waals surface area contributed by atoms with Crippen LogP contribution in [0.25, 0.3) is 0 Å². The molecule has 82 valence electrons. The zero-order valence-corrected chi connectivity index (χ0v) is 9.63. The van der Waals surface area contributed by atoms with E-state index in [9.17, 15) is 0 Å². The van der Waals surface area contributed by atoms with Gasteiger partial charge < -0.3 is 10.2 Å². The first-order valence-corrected chi connectivity index (χ1v) is 6.29. The van der Waals surface area contributed by atoms with Crippen LogP contribution in [0.2, 0.25) is 0 Å². The Morgan fingerprint density at radius 1 is 1.21 bits per heavy atom. The van der Waals surface area contributed by atoms with Gasteiger partial charge in [0.15, 0.2) is 0 Å². The summed E-state index contributed by atoms with van der Waals surface area (Å²) in [6, 6.07) is 2.45. The summed E-state index contributed by atoms with van der Waals surface area (Å²) in [6.07, 6.45) is 6.99. The zero-order valence-electron chi connectivity index (χ0n) is 9.63. The van der Waals surface area contributed by atoms with Gasteiger partial charge in [0.1, 0.15) is 0 Å². The van der Waals surface area contributed by atoms with E-state index in [-0.39, 0.29) is 0 Å². The van der Waals surface area contributed by atoms with Crippen LogP contribution in [0.4, 0.5) is 0 Å². The Morgan fingerprint density at radius 3 is 2.50 bits per heavy atom. The van der Waals surface area contributed by atoms with Crippen LogP contribution in [0, 0.1) is 0 Å². The summed E-state index contributed by atoms with van der Waals surface area (Å²) in [7, 11) is 0. The van der Waals surface area contributed by atoms with Gasteiger partial charge in [0, 0.05) is 18.1 Å². The van der Waals surface area contributed by atoms with Gasteiger partial charge in [-0.05, 0) is 45.7 Å². The van der Waals surface area contributed by atoms with E-state index in [4.69, 9.17) is 0 Å². The lowest BCUT2D eigenvalue weighted by Gasteiger charge is -2.40. The maximum atomic E-state index is 3.80. The Labute approximate surface area is 88.1 Å². The number of nitrogens with zero attached hydrogens (tertiary/aromatic N) is 1. The second-order valence-corrected chi connectivity index (χ2v) is 4.99. The molecule has 14 heavy (non-hydrogen) atoms. The Kier molecular flexibility index (Phi) is 3.45. The van der Waals surface area contributed by atoms with E-state index in [1.54, 1.807) is 0 Å². The summed E-state index contributed by atoms with van der Waals surface area (Å²) < 4.78 is 0. The molecule has 2 aliphatic rings. The molecule has 1 N–H and O–H groups in total. The smallest absolute Gasteiger partial charge is 0.00966 e. The standard InChI is InChI=1S/C12H24N2/c1-3-14-8-7-12(9-10(14)2)13-11-5-4-6-11/h10-13H,3-9H2,1-2H3. The lowest BCUT2D eigenvalue weighted by atomic mass is 9.90. The number of hydrogen-bond donors (Lipinski definition) is 1. The SMILES string of the molecule is CCN1CCC(NC2CCC2)CC1C. The fourth-order valence-electron chi connectivity index (χ4n) is 2.75. The Hall–Kier alpha value is -0.0800. The number of nitrogens with one attached hydrogen (secondary N) is 1. The van der Waals surface area contributed by atoms with Gasteiger partial charge in [-0.3, -0.25) is 0 Å². The van der Waals surface area contributed by atoms with E-state index >= 15 is 0 Å². The minimum atomic E-state index is 0.784. The van der Waals surface area contributed by atoms with Crippen molar-refractivity contribution >= 4 is 0 Å². The Morgan fingerprint density at radius 2 is 2.00 bits per heavy atom. The number of likely N-dealkylation sites (tertiary alicyclic amines) is 1. The molecule has 2 fully saturated rings. The third-order valence-electron chi connectivity index (χ3n) is 4.00. The van der Waals surface area contributed by atoms with Crippen LogP contribution in [0.3, 0.4) is 0 Å². The molecule has 1 heterocycles. The molecule has 0 aromatic heterocycles. The number of piperidine rings is 1. The van der Waals surface area contributed by atoms with Gasteiger partial charge in [-0.15, -0.1) is 0 Å². The first-order valence-electron chi connectivity index (χ1n) is 6.29. The van der Waals surface area contributed by atoms with Crippen LogP contribution in [-0.2, 0) is 0 Å². The van der Waals surface area contributed by atoms with Crippen molar-refractivity contribution in [1.29, 1.82) is 0 Å². The van der Waals surface area contributed by atoms with Gasteiger partial charge in [0.2, 0.25) is 0 Å². The third kappa shape index (κ3) is 2.29. The van der Waals surface area contributed by atoms with Crippen LogP contribution in [0.15, 0.2) is 0 Å². The minimum Gasteiger partial charge on any atom is -0.311 e. The van der Waals surface area contributed by atoms with E-state index in [0.717, 1.165) is 18.1 Å². The van der Waals surface area contributed by atoms with Gasteiger partial charge in [-0.2, -0.15) is 0 Å². The van der Waals surface area contributed by atoms with Crippen molar-refractivity contribution in [3.63, 3.8) is 0 Å². The molecule has 0 spiro atoms. The molecule has 1 aliphatic heterocycles. The van der Waals surface area contributed by atoms with Crippen molar-refractivity contribution in [3.8, 4) is 0 Å². The molecule has 2 nitrogen and oxygen atoms in total. The summed E-state index contributed by atoms with van der Waals surface area (Å²) in [4.78, 5) is 2.60. The van der Waals surface area contributed by atoms with E-state index in [1.807, 2.05) is 0 Å². The summed E-state index contributed by atoms with van der Waals surface area (Å²) in [5, 5.41) is 3.80. The molecule has 0 aromatic rings. The molecule has 0 aromatic carbocycles. The Bertz CT molecular complexity index is 177. The monoisotopic (exact) mass is 196 g/mol. The highest BCUT2D eigenvalue weighted by molar-refractivity contribution is 4.87. The highest BCUT2D eigenvalue weighted by Crippen LogP contribution is 2.23. The average Bonchev–Trinajstić information content (AvgIpc) is 2.12. The van der Waals surface area contributed by atoms with Crippen LogP contribution >= 0.6 is 0 Å². The normalized spacial score (nSPS) is 35.6. The summed E-state index contributed by atoms with van der Waals surface area (Å²) in [5.41, 5.74) is 0. The summed E-state index contributed by atoms with van der Waals surface area (Å²) >= 11 is 0. The maximum Gasteiger partial charge on any atom is 0.00966 e. The van der Waals surface area contributed by atoms with Crippen LogP contribution in [-0.4, -0.2) is 36.1 Å². The first kappa shape index (κ1) is 10.4. The van der Waals surface area contributed by atoms with E-state index in [0.29, 0.717) is 0 Å². The van der Waals surface area contributed by atoms with Crippen molar-refractivity contribution in [3.05, 3.63) is 0 Å². The van der Waals surface area contributed by atoms with Gasteiger partial charge in [-0.1, -0.05) is 13.3 Å². The van der Waals surface area contributed by atoms with Gasteiger partial charge in [0.25, 0.3) is 0 Å². The molecule has 1 saturated carbocycles. The molecule has 0 bridgehead atoms. The number of hydrogen-bond acceptors (Lipinski definition) is 2. The lowest BCUT2D eigenvalue weighted by Crippen LogP contribution is -2.51. The summed E-state index contributed by atoms with van der Waals surface area (Å²) in [6.45, 7) is 7.16. The fourth-order valence-corrected chi connectivity index (χ4v) is 2.75. The molecular weight excluding hydrogens is 172 g/mol. The second kappa shape index (κ2) is 4.63. The fraction of sp³-hybridized carbons (Fsp3) is 1.00. The quantitative estimate of drug-likeness (QED) is 0.743. The maximum absolute atomic E-state index is 3.80. The highest BCUT2D eigenvalue weighted by atomic mass is 15.2. The first-order chi connectivity index (χ1) is 6.79. The van der Waals surface area contributed by atoms with Crippen molar-refractivity contribution in [1.82, 2.24) is 10.2 Å². The molecule has 2 heteroatoms. The molecular formula is C12H24N2. The lowest BCUT2D eigenvalue weighted by molar-refractivity contribution is 0.130. The van der Waals surface area contributed by atoms with E-state index in [2.05, 4.69) is 24.1 Å². The molecule has 1 aliphatic carbocycles. The van der Waals surface area contributed by atoms with Crippen LogP contribution < -0.4 is 5.32 Å². The second-order valence-electron chi connectivity index (χ2n) is 4.99. The van der Waals surface area contributed by atoms with Crippen molar-refractivity contribution < 1.29 is 0 Å². The van der Waals surface area contributed by atoms with Gasteiger partial charge in [-0.25, -0.2) is 0 Å².